The fraction of sp³-hybridized carbons (Fsp3) is 0.727. The van der Waals surface area contributed by atoms with Gasteiger partial charge in [-0.05, 0) is 12.8 Å². The van der Waals surface area contributed by atoms with Crippen molar-refractivity contribution in [3.63, 3.8) is 0 Å². The van der Waals surface area contributed by atoms with Crippen LogP contribution in [0.4, 0.5) is 0 Å². The van der Waals surface area contributed by atoms with E-state index in [2.05, 4.69) is 24.4 Å². The Morgan fingerprint density at radius 1 is 1.50 bits per heavy atom. The van der Waals surface area contributed by atoms with E-state index >= 15 is 0 Å². The van der Waals surface area contributed by atoms with Crippen LogP contribution in [0.15, 0.2) is 5.10 Å². The second-order valence-electron chi connectivity index (χ2n) is 4.33. The van der Waals surface area contributed by atoms with Gasteiger partial charge in [-0.3, -0.25) is 9.59 Å². The molecule has 0 aromatic carbocycles. The van der Waals surface area contributed by atoms with Gasteiger partial charge in [-0.15, -0.1) is 0 Å². The smallest absolute Gasteiger partial charge is 0.270 e. The highest BCUT2D eigenvalue weighted by Crippen LogP contribution is 2.06. The van der Waals surface area contributed by atoms with E-state index in [1.807, 2.05) is 6.92 Å². The summed E-state index contributed by atoms with van der Waals surface area (Å²) < 4.78 is 0. The number of carbonyl (C=O) groups excluding carboxylic acids is 2. The zero-order valence-corrected chi connectivity index (χ0v) is 10.1. The zero-order chi connectivity index (χ0) is 12.1. The van der Waals surface area contributed by atoms with E-state index in [0.29, 0.717) is 31.0 Å². The molecule has 0 atom stereocenters. The van der Waals surface area contributed by atoms with Crippen molar-refractivity contribution in [2.45, 2.75) is 33.6 Å². The summed E-state index contributed by atoms with van der Waals surface area (Å²) in [5.41, 5.74) is 2.81. The monoisotopic (exact) mass is 225 g/mol. The van der Waals surface area contributed by atoms with Crippen molar-refractivity contribution < 1.29 is 9.59 Å². The second kappa shape index (κ2) is 5.63. The van der Waals surface area contributed by atoms with Crippen molar-refractivity contribution in [1.29, 1.82) is 0 Å². The van der Waals surface area contributed by atoms with Gasteiger partial charge in [0, 0.05) is 25.9 Å². The van der Waals surface area contributed by atoms with E-state index < -0.39 is 0 Å². The molecule has 2 amide bonds. The topological polar surface area (TPSA) is 61.8 Å². The third-order valence-electron chi connectivity index (χ3n) is 2.41. The van der Waals surface area contributed by atoms with E-state index in [0.717, 1.165) is 6.54 Å². The number of nitrogens with zero attached hydrogens (tertiary/aromatic N) is 2. The summed E-state index contributed by atoms with van der Waals surface area (Å²) in [4.78, 5) is 24.7. The van der Waals surface area contributed by atoms with E-state index in [1.54, 1.807) is 4.90 Å². The number of hydrogen-bond donors (Lipinski definition) is 1. The van der Waals surface area contributed by atoms with Crippen LogP contribution < -0.4 is 5.43 Å². The SMILES string of the molecule is CCN(CC(C)C)C(=O)C1=NNC(=O)CC1. The van der Waals surface area contributed by atoms with Crippen LogP contribution in [0, 0.1) is 5.92 Å². The predicted molar refractivity (Wildman–Crippen MR) is 61.9 cm³/mol. The average molecular weight is 225 g/mol. The van der Waals surface area contributed by atoms with Crippen molar-refractivity contribution in [3.8, 4) is 0 Å². The molecule has 0 radical (unpaired) electrons. The van der Waals surface area contributed by atoms with Crippen LogP contribution in [0.3, 0.4) is 0 Å². The Labute approximate surface area is 95.9 Å². The zero-order valence-electron chi connectivity index (χ0n) is 10.1. The Bertz CT molecular complexity index is 310. The van der Waals surface area contributed by atoms with E-state index in [-0.39, 0.29) is 11.8 Å². The fourth-order valence-electron chi connectivity index (χ4n) is 1.61. The van der Waals surface area contributed by atoms with Crippen LogP contribution in [0.5, 0.6) is 0 Å². The minimum Gasteiger partial charge on any atom is -0.338 e. The molecule has 1 aliphatic heterocycles. The molecule has 1 heterocycles. The summed E-state index contributed by atoms with van der Waals surface area (Å²) in [6.45, 7) is 7.48. The Balaban J connectivity index is 2.64. The normalized spacial score (nSPS) is 15.8. The third-order valence-corrected chi connectivity index (χ3v) is 2.41. The summed E-state index contributed by atoms with van der Waals surface area (Å²) in [6, 6.07) is 0. The van der Waals surface area contributed by atoms with Gasteiger partial charge in [-0.1, -0.05) is 13.8 Å². The molecule has 5 heteroatoms. The second-order valence-corrected chi connectivity index (χ2v) is 4.33. The van der Waals surface area contributed by atoms with Gasteiger partial charge >= 0.3 is 0 Å². The summed E-state index contributed by atoms with van der Waals surface area (Å²) in [5, 5.41) is 3.81. The van der Waals surface area contributed by atoms with Crippen molar-refractivity contribution in [2.24, 2.45) is 11.0 Å². The Hall–Kier alpha value is -1.39. The van der Waals surface area contributed by atoms with E-state index in [1.165, 1.54) is 0 Å². The first-order valence-electron chi connectivity index (χ1n) is 5.69. The van der Waals surface area contributed by atoms with Crippen LogP contribution >= 0.6 is 0 Å². The van der Waals surface area contributed by atoms with Crippen LogP contribution in [0.25, 0.3) is 0 Å². The molecule has 0 unspecified atom stereocenters. The Morgan fingerprint density at radius 2 is 2.19 bits per heavy atom. The van der Waals surface area contributed by atoms with Crippen LogP contribution in [-0.2, 0) is 9.59 Å². The minimum absolute atomic E-state index is 0.0591. The van der Waals surface area contributed by atoms with Gasteiger partial charge < -0.3 is 4.90 Å². The molecule has 0 aliphatic carbocycles. The molecule has 1 N–H and O–H groups in total. The van der Waals surface area contributed by atoms with Gasteiger partial charge in [0.2, 0.25) is 5.91 Å². The highest BCUT2D eigenvalue weighted by Gasteiger charge is 2.22. The van der Waals surface area contributed by atoms with Crippen molar-refractivity contribution in [2.75, 3.05) is 13.1 Å². The molecule has 5 nitrogen and oxygen atoms in total. The average Bonchev–Trinajstić information content (AvgIpc) is 2.25. The largest absolute Gasteiger partial charge is 0.338 e. The van der Waals surface area contributed by atoms with Crippen molar-refractivity contribution >= 4 is 17.5 Å². The molecule has 90 valence electrons. The lowest BCUT2D eigenvalue weighted by Crippen LogP contribution is -2.41. The molecule has 0 aromatic rings. The number of amides is 2. The van der Waals surface area contributed by atoms with Gasteiger partial charge in [0.1, 0.15) is 5.71 Å². The maximum Gasteiger partial charge on any atom is 0.270 e. The number of nitrogens with one attached hydrogen (secondary N) is 1. The minimum atomic E-state index is -0.122. The molecule has 0 fully saturated rings. The molecule has 0 bridgehead atoms. The molecule has 0 saturated heterocycles. The number of hydrogen-bond acceptors (Lipinski definition) is 3. The summed E-state index contributed by atoms with van der Waals surface area (Å²) in [7, 11) is 0. The molecule has 0 spiro atoms. The molecular formula is C11H19N3O2. The van der Waals surface area contributed by atoms with Gasteiger partial charge in [0.05, 0.1) is 0 Å². The molecule has 16 heavy (non-hydrogen) atoms. The highest BCUT2D eigenvalue weighted by molar-refractivity contribution is 6.39. The van der Waals surface area contributed by atoms with Gasteiger partial charge in [-0.25, -0.2) is 5.43 Å². The van der Waals surface area contributed by atoms with Crippen LogP contribution in [0.1, 0.15) is 33.6 Å². The van der Waals surface area contributed by atoms with E-state index in [4.69, 9.17) is 0 Å². The number of rotatable bonds is 4. The molecular weight excluding hydrogens is 206 g/mol. The van der Waals surface area contributed by atoms with E-state index in [9.17, 15) is 9.59 Å². The fourth-order valence-corrected chi connectivity index (χ4v) is 1.61. The number of carbonyl (C=O) groups is 2. The molecule has 1 aliphatic rings. The Morgan fingerprint density at radius 3 is 2.62 bits per heavy atom. The quantitative estimate of drug-likeness (QED) is 0.767. The van der Waals surface area contributed by atoms with Crippen molar-refractivity contribution in [1.82, 2.24) is 10.3 Å². The van der Waals surface area contributed by atoms with Crippen LogP contribution in [0.2, 0.25) is 0 Å². The first-order valence-corrected chi connectivity index (χ1v) is 5.69. The molecule has 1 rings (SSSR count). The number of hydrazone groups is 1. The first kappa shape index (κ1) is 12.7. The maximum atomic E-state index is 12.0. The van der Waals surface area contributed by atoms with Gasteiger partial charge in [0.25, 0.3) is 5.91 Å². The van der Waals surface area contributed by atoms with Crippen LogP contribution in [-0.4, -0.2) is 35.5 Å². The predicted octanol–water partition coefficient (Wildman–Crippen LogP) is 0.757. The van der Waals surface area contributed by atoms with Crippen molar-refractivity contribution in [3.05, 3.63) is 0 Å². The molecule has 0 saturated carbocycles. The summed E-state index contributed by atoms with van der Waals surface area (Å²) in [5.74, 6) is 0.252. The lowest BCUT2D eigenvalue weighted by Gasteiger charge is -2.24. The first-order chi connectivity index (χ1) is 7.54. The lowest BCUT2D eigenvalue weighted by atomic mass is 10.1. The van der Waals surface area contributed by atoms with Gasteiger partial charge in [0.15, 0.2) is 0 Å². The van der Waals surface area contributed by atoms with Gasteiger partial charge in [-0.2, -0.15) is 5.10 Å². The highest BCUT2D eigenvalue weighted by atomic mass is 16.2. The summed E-state index contributed by atoms with van der Waals surface area (Å²) in [6.07, 6.45) is 0.795. The summed E-state index contributed by atoms with van der Waals surface area (Å²) >= 11 is 0. The standard InChI is InChI=1S/C11H19N3O2/c1-4-14(7-8(2)3)11(16)9-5-6-10(15)13-12-9/h8H,4-7H2,1-3H3,(H,13,15). The maximum absolute atomic E-state index is 12.0. The Kier molecular flexibility index (Phi) is 4.46. The lowest BCUT2D eigenvalue weighted by molar-refractivity contribution is -0.124. The third kappa shape index (κ3) is 3.32. The molecule has 0 aromatic heterocycles.